The second-order valence-corrected chi connectivity index (χ2v) is 8.13. The van der Waals surface area contributed by atoms with Gasteiger partial charge in [-0.25, -0.2) is 14.5 Å². The molecule has 0 bridgehead atoms. The molecule has 4 N–H and O–H groups in total. The SMILES string of the molecule is COC1COP(=O)(OC[C@H]2O[C@@H](n3ccc4c(N)ncnc43)[C@H](O)[C@@H]2O)OC1. The molecule has 2 saturated heterocycles. The lowest BCUT2D eigenvalue weighted by Gasteiger charge is -2.28. The Hall–Kier alpha value is -1.63. The van der Waals surface area contributed by atoms with Crippen LogP contribution in [0.3, 0.4) is 0 Å². The van der Waals surface area contributed by atoms with Crippen LogP contribution >= 0.6 is 7.82 Å². The van der Waals surface area contributed by atoms with E-state index in [0.29, 0.717) is 11.0 Å². The number of hydrogen-bond donors (Lipinski definition) is 3. The van der Waals surface area contributed by atoms with Gasteiger partial charge in [0.2, 0.25) is 0 Å². The minimum atomic E-state index is -3.78. The van der Waals surface area contributed by atoms with Crippen LogP contribution in [0.25, 0.3) is 11.0 Å². The van der Waals surface area contributed by atoms with E-state index in [1.807, 2.05) is 0 Å². The van der Waals surface area contributed by atoms with Gasteiger partial charge in [0.15, 0.2) is 6.23 Å². The van der Waals surface area contributed by atoms with Gasteiger partial charge in [0.25, 0.3) is 0 Å². The molecule has 2 aromatic rings. The maximum absolute atomic E-state index is 12.4. The highest BCUT2D eigenvalue weighted by Gasteiger charge is 2.46. The van der Waals surface area contributed by atoms with Crippen molar-refractivity contribution >= 4 is 24.7 Å². The molecule has 28 heavy (non-hydrogen) atoms. The highest BCUT2D eigenvalue weighted by Crippen LogP contribution is 2.52. The van der Waals surface area contributed by atoms with Crippen LogP contribution in [0.5, 0.6) is 0 Å². The van der Waals surface area contributed by atoms with Gasteiger partial charge in [-0.2, -0.15) is 0 Å². The summed E-state index contributed by atoms with van der Waals surface area (Å²) in [5.41, 5.74) is 6.26. The third kappa shape index (κ3) is 3.53. The zero-order valence-electron chi connectivity index (χ0n) is 15.0. The molecule has 2 aromatic heterocycles. The summed E-state index contributed by atoms with van der Waals surface area (Å²) >= 11 is 0. The first-order chi connectivity index (χ1) is 13.4. The topological polar surface area (TPSA) is 160 Å². The molecule has 0 spiro atoms. The molecule has 0 amide bonds. The van der Waals surface area contributed by atoms with Crippen molar-refractivity contribution in [1.82, 2.24) is 14.5 Å². The highest BCUT2D eigenvalue weighted by molar-refractivity contribution is 7.48. The average molecular weight is 416 g/mol. The molecular weight excluding hydrogens is 395 g/mol. The van der Waals surface area contributed by atoms with Gasteiger partial charge >= 0.3 is 7.82 Å². The van der Waals surface area contributed by atoms with Crippen LogP contribution in [0.1, 0.15) is 6.23 Å². The van der Waals surface area contributed by atoms with Crippen LogP contribution in [0, 0.1) is 0 Å². The van der Waals surface area contributed by atoms with E-state index >= 15 is 0 Å². The lowest BCUT2D eigenvalue weighted by molar-refractivity contribution is -0.0664. The molecule has 13 heteroatoms. The Bertz CT molecular complexity index is 882. The minimum absolute atomic E-state index is 0.0591. The predicted molar refractivity (Wildman–Crippen MR) is 94.1 cm³/mol. The summed E-state index contributed by atoms with van der Waals surface area (Å²) in [6.45, 7) is -0.187. The van der Waals surface area contributed by atoms with Gasteiger partial charge in [0.05, 0.1) is 25.2 Å². The summed E-state index contributed by atoms with van der Waals surface area (Å²) in [6, 6.07) is 1.69. The number of nitrogen functional groups attached to an aromatic ring is 1. The maximum Gasteiger partial charge on any atom is 0.475 e. The van der Waals surface area contributed by atoms with Crippen molar-refractivity contribution in [2.45, 2.75) is 30.6 Å². The number of rotatable bonds is 5. The first-order valence-electron chi connectivity index (χ1n) is 8.57. The summed E-state index contributed by atoms with van der Waals surface area (Å²) in [5.74, 6) is 0.288. The molecule has 2 fully saturated rings. The summed E-state index contributed by atoms with van der Waals surface area (Å²) in [4.78, 5) is 8.06. The number of nitrogens with zero attached hydrogens (tertiary/aromatic N) is 3. The highest BCUT2D eigenvalue weighted by atomic mass is 31.2. The third-order valence-corrected chi connectivity index (χ3v) is 6.11. The van der Waals surface area contributed by atoms with E-state index in [1.54, 1.807) is 16.8 Å². The fourth-order valence-corrected chi connectivity index (χ4v) is 4.35. The molecule has 4 atom stereocenters. The monoisotopic (exact) mass is 416 g/mol. The molecule has 2 aliphatic rings. The first-order valence-corrected chi connectivity index (χ1v) is 10.0. The molecule has 4 rings (SSSR count). The molecule has 0 saturated carbocycles. The Balaban J connectivity index is 1.45. The van der Waals surface area contributed by atoms with Gasteiger partial charge in [-0.05, 0) is 6.07 Å². The van der Waals surface area contributed by atoms with E-state index in [0.717, 1.165) is 0 Å². The van der Waals surface area contributed by atoms with Crippen LogP contribution in [0.4, 0.5) is 5.82 Å². The number of fused-ring (bicyclic) bond motifs is 1. The van der Waals surface area contributed by atoms with Gasteiger partial charge in [-0.3, -0.25) is 13.6 Å². The van der Waals surface area contributed by atoms with Crippen LogP contribution in [-0.4, -0.2) is 76.1 Å². The smallest absolute Gasteiger partial charge is 0.387 e. The van der Waals surface area contributed by atoms with E-state index in [-0.39, 0.29) is 31.7 Å². The van der Waals surface area contributed by atoms with Crippen LogP contribution < -0.4 is 5.73 Å². The number of ether oxygens (including phenoxy) is 2. The lowest BCUT2D eigenvalue weighted by Crippen LogP contribution is -2.34. The van der Waals surface area contributed by atoms with Crippen molar-refractivity contribution in [2.24, 2.45) is 0 Å². The van der Waals surface area contributed by atoms with E-state index in [9.17, 15) is 14.8 Å². The Morgan fingerprint density at radius 3 is 2.79 bits per heavy atom. The quantitative estimate of drug-likeness (QED) is 0.555. The fourth-order valence-electron chi connectivity index (χ4n) is 3.10. The normalized spacial score (nSPS) is 36.2. The molecule has 2 aliphatic heterocycles. The van der Waals surface area contributed by atoms with Gasteiger partial charge in [0.1, 0.15) is 42.2 Å². The average Bonchev–Trinajstić information content (AvgIpc) is 3.24. The molecular formula is C15H21N4O8P. The minimum Gasteiger partial charge on any atom is -0.387 e. The number of anilines is 1. The molecule has 0 unspecified atom stereocenters. The van der Waals surface area contributed by atoms with Crippen LogP contribution in [0.15, 0.2) is 18.6 Å². The summed E-state index contributed by atoms with van der Waals surface area (Å²) in [6.07, 6.45) is -1.88. The van der Waals surface area contributed by atoms with Crippen molar-refractivity contribution in [2.75, 3.05) is 32.7 Å². The number of aromatic nitrogens is 3. The Kier molecular flexibility index (Phi) is 5.38. The zero-order chi connectivity index (χ0) is 19.9. The second-order valence-electron chi connectivity index (χ2n) is 6.46. The first kappa shape index (κ1) is 19.7. The number of hydrogen-bond acceptors (Lipinski definition) is 11. The Morgan fingerprint density at radius 2 is 2.07 bits per heavy atom. The number of phosphoric ester groups is 1. The van der Waals surface area contributed by atoms with Crippen LogP contribution in [-0.2, 0) is 27.6 Å². The van der Waals surface area contributed by atoms with Gasteiger partial charge < -0.3 is 30.0 Å². The van der Waals surface area contributed by atoms with Crippen molar-refractivity contribution in [1.29, 1.82) is 0 Å². The third-order valence-electron chi connectivity index (χ3n) is 4.72. The zero-order valence-corrected chi connectivity index (χ0v) is 15.8. The van der Waals surface area contributed by atoms with E-state index < -0.39 is 32.4 Å². The van der Waals surface area contributed by atoms with Gasteiger partial charge in [-0.15, -0.1) is 0 Å². The predicted octanol–water partition coefficient (Wildman–Crippen LogP) is -0.181. The largest absolute Gasteiger partial charge is 0.475 e. The van der Waals surface area contributed by atoms with E-state index in [1.165, 1.54) is 13.4 Å². The summed E-state index contributed by atoms with van der Waals surface area (Å²) in [7, 11) is -2.30. The van der Waals surface area contributed by atoms with Crippen molar-refractivity contribution < 1.29 is 37.8 Å². The molecule has 12 nitrogen and oxygen atoms in total. The standard InChI is InChI=1S/C15H21N4O8P/c1-23-8-4-24-28(22,25-5-8)26-6-10-11(20)12(21)15(27-10)19-3-2-9-13(16)17-7-18-14(9)19/h2-3,7-8,10-12,15,20-21H,4-6H2,1H3,(H2,16,17,18)/t8?,10-,11-,12-,15-,28?/m1/s1. The second kappa shape index (κ2) is 7.65. The summed E-state index contributed by atoms with van der Waals surface area (Å²) in [5, 5.41) is 21.3. The number of aliphatic hydroxyl groups excluding tert-OH is 2. The fraction of sp³-hybridized carbons (Fsp3) is 0.600. The lowest BCUT2D eigenvalue weighted by atomic mass is 10.1. The molecule has 0 radical (unpaired) electrons. The molecule has 0 aromatic carbocycles. The number of nitrogens with two attached hydrogens (primary N) is 1. The Labute approximate surface area is 159 Å². The van der Waals surface area contributed by atoms with E-state index in [2.05, 4.69) is 9.97 Å². The summed E-state index contributed by atoms with van der Waals surface area (Å²) < 4.78 is 40.2. The van der Waals surface area contributed by atoms with Crippen molar-refractivity contribution in [3.05, 3.63) is 18.6 Å². The van der Waals surface area contributed by atoms with E-state index in [4.69, 9.17) is 28.8 Å². The van der Waals surface area contributed by atoms with Crippen molar-refractivity contribution in [3.8, 4) is 0 Å². The van der Waals surface area contributed by atoms with Crippen LogP contribution in [0.2, 0.25) is 0 Å². The van der Waals surface area contributed by atoms with Crippen molar-refractivity contribution in [3.63, 3.8) is 0 Å². The molecule has 4 heterocycles. The maximum atomic E-state index is 12.4. The molecule has 0 aliphatic carbocycles. The number of aliphatic hydroxyl groups is 2. The van der Waals surface area contributed by atoms with Gasteiger partial charge in [0, 0.05) is 13.3 Å². The van der Waals surface area contributed by atoms with Gasteiger partial charge in [-0.1, -0.05) is 0 Å². The Morgan fingerprint density at radius 1 is 1.32 bits per heavy atom. The molecule has 154 valence electrons. The number of methoxy groups -OCH3 is 1. The number of phosphoric acid groups is 1.